The number of nitrogens with one attached hydrogen (secondary N) is 2. The molecule has 2 heterocycles. The lowest BCUT2D eigenvalue weighted by Crippen LogP contribution is -2.16. The summed E-state index contributed by atoms with van der Waals surface area (Å²) in [6.45, 7) is 2.00. The predicted octanol–water partition coefficient (Wildman–Crippen LogP) is 4.43. The Balaban J connectivity index is 1.91. The van der Waals surface area contributed by atoms with Gasteiger partial charge in [0.15, 0.2) is 11.6 Å². The largest absolute Gasteiger partial charge is 0.507 e. The van der Waals surface area contributed by atoms with E-state index >= 15 is 0 Å². The van der Waals surface area contributed by atoms with Crippen molar-refractivity contribution in [1.29, 1.82) is 5.26 Å². The summed E-state index contributed by atoms with van der Waals surface area (Å²) < 4.78 is 5.17. The molecule has 2 aromatic carbocycles. The second-order valence-electron chi connectivity index (χ2n) is 7.91. The molecule has 4 rings (SSSR count). The van der Waals surface area contributed by atoms with Gasteiger partial charge >= 0.3 is 0 Å². The summed E-state index contributed by atoms with van der Waals surface area (Å²) in [5, 5.41) is 26.1. The number of benzene rings is 2. The van der Waals surface area contributed by atoms with E-state index in [1.54, 1.807) is 55.5 Å². The van der Waals surface area contributed by atoms with Crippen LogP contribution in [-0.2, 0) is 4.79 Å². The van der Waals surface area contributed by atoms with Crippen molar-refractivity contribution in [2.24, 2.45) is 5.73 Å². The highest BCUT2D eigenvalue weighted by Gasteiger charge is 2.23. The molecule has 0 aliphatic carbocycles. The summed E-state index contributed by atoms with van der Waals surface area (Å²) in [6, 6.07) is 18.9. The molecule has 180 valence electrons. The van der Waals surface area contributed by atoms with E-state index in [2.05, 4.69) is 21.7 Å². The van der Waals surface area contributed by atoms with E-state index in [1.165, 1.54) is 18.4 Å². The number of phenols is 1. The number of hydrogen-bond acceptors (Lipinski definition) is 7. The van der Waals surface area contributed by atoms with E-state index in [0.717, 1.165) is 0 Å². The van der Waals surface area contributed by atoms with Crippen molar-refractivity contribution in [2.75, 3.05) is 17.2 Å². The van der Waals surface area contributed by atoms with E-state index in [9.17, 15) is 20.0 Å². The maximum absolute atomic E-state index is 12.8. The van der Waals surface area contributed by atoms with Crippen molar-refractivity contribution in [3.63, 3.8) is 0 Å². The van der Waals surface area contributed by atoms with Crippen LogP contribution in [0, 0.1) is 18.3 Å². The minimum atomic E-state index is -0.579. The van der Waals surface area contributed by atoms with E-state index in [4.69, 9.17) is 10.2 Å². The Labute approximate surface area is 207 Å². The van der Waals surface area contributed by atoms with Crippen LogP contribution in [0.25, 0.3) is 22.4 Å². The van der Waals surface area contributed by atoms with Gasteiger partial charge in [0.25, 0.3) is 5.91 Å². The zero-order chi connectivity index (χ0) is 25.7. The number of hydrogen-bond donors (Lipinski definition) is 4. The lowest BCUT2D eigenvalue weighted by Gasteiger charge is -2.18. The molecule has 0 bridgehead atoms. The molecular weight excluding hydrogens is 458 g/mol. The minimum absolute atomic E-state index is 0.00475. The van der Waals surface area contributed by atoms with Gasteiger partial charge in [0.05, 0.1) is 12.0 Å². The number of pyridine rings is 1. The highest BCUT2D eigenvalue weighted by Crippen LogP contribution is 2.39. The number of nitrogens with two attached hydrogens (primary N) is 1. The number of rotatable bonds is 7. The Hall–Kier alpha value is -4.94. The SMILES string of the molecule is Cc1c(-c2ccccc2O)nc(NC(=O)c2ccco2)c(C#N)c1-c1cccc(NC(=O)CCN)c1. The van der Waals surface area contributed by atoms with Crippen LogP contribution in [0.2, 0.25) is 0 Å². The van der Waals surface area contributed by atoms with Crippen LogP contribution in [0.15, 0.2) is 71.3 Å². The van der Waals surface area contributed by atoms with Gasteiger partial charge in [-0.25, -0.2) is 4.98 Å². The molecule has 0 unspecified atom stereocenters. The summed E-state index contributed by atoms with van der Waals surface area (Å²) >= 11 is 0. The highest BCUT2D eigenvalue weighted by atomic mass is 16.3. The summed E-state index contributed by atoms with van der Waals surface area (Å²) in [4.78, 5) is 29.4. The van der Waals surface area contributed by atoms with Crippen molar-refractivity contribution in [3.8, 4) is 34.2 Å². The Morgan fingerprint density at radius 3 is 2.61 bits per heavy atom. The van der Waals surface area contributed by atoms with Crippen molar-refractivity contribution in [2.45, 2.75) is 13.3 Å². The number of anilines is 2. The summed E-state index contributed by atoms with van der Waals surface area (Å²) in [5.74, 6) is -0.755. The first-order valence-corrected chi connectivity index (χ1v) is 11.1. The number of carbonyl (C=O) groups excluding carboxylic acids is 2. The second kappa shape index (κ2) is 10.5. The number of para-hydroxylation sites is 1. The summed E-state index contributed by atoms with van der Waals surface area (Å²) in [5.41, 5.74) is 8.65. The van der Waals surface area contributed by atoms with E-state index in [0.29, 0.717) is 33.6 Å². The van der Waals surface area contributed by atoms with Gasteiger partial charge in [-0.1, -0.05) is 24.3 Å². The topological polar surface area (TPSA) is 154 Å². The van der Waals surface area contributed by atoms with Crippen molar-refractivity contribution in [1.82, 2.24) is 4.98 Å². The Bertz CT molecular complexity index is 1470. The summed E-state index contributed by atoms with van der Waals surface area (Å²) in [6.07, 6.45) is 1.54. The fourth-order valence-corrected chi connectivity index (χ4v) is 3.86. The van der Waals surface area contributed by atoms with Crippen LogP contribution in [-0.4, -0.2) is 28.4 Å². The molecule has 5 N–H and O–H groups in total. The van der Waals surface area contributed by atoms with Gasteiger partial charge in [-0.15, -0.1) is 0 Å². The minimum Gasteiger partial charge on any atom is -0.507 e. The van der Waals surface area contributed by atoms with E-state index < -0.39 is 5.91 Å². The molecule has 36 heavy (non-hydrogen) atoms. The molecule has 0 aliphatic rings. The maximum Gasteiger partial charge on any atom is 0.292 e. The van der Waals surface area contributed by atoms with Crippen molar-refractivity contribution < 1.29 is 19.1 Å². The highest BCUT2D eigenvalue weighted by molar-refractivity contribution is 6.03. The molecule has 0 saturated carbocycles. The van der Waals surface area contributed by atoms with Gasteiger partial charge in [-0.3, -0.25) is 9.59 Å². The van der Waals surface area contributed by atoms with Crippen LogP contribution in [0.4, 0.5) is 11.5 Å². The lowest BCUT2D eigenvalue weighted by atomic mass is 9.92. The van der Waals surface area contributed by atoms with Gasteiger partial charge in [-0.2, -0.15) is 5.26 Å². The van der Waals surface area contributed by atoms with Gasteiger partial charge in [0, 0.05) is 29.8 Å². The fourth-order valence-electron chi connectivity index (χ4n) is 3.86. The standard InChI is InChI=1S/C27H23N5O4/c1-16-24(17-6-4-7-18(14-17)30-23(34)11-12-28)20(15-29)26(32-27(35)22-10-5-13-36-22)31-25(16)19-8-2-3-9-21(19)33/h2-10,13-14,33H,11-12,28H2,1H3,(H,30,34)(H,31,32,35). The molecule has 0 aliphatic heterocycles. The molecule has 0 radical (unpaired) electrons. The Morgan fingerprint density at radius 1 is 1.11 bits per heavy atom. The third kappa shape index (κ3) is 4.94. The van der Waals surface area contributed by atoms with Gasteiger partial charge in [-0.05, 0) is 54.4 Å². The van der Waals surface area contributed by atoms with Crippen molar-refractivity contribution in [3.05, 3.63) is 83.8 Å². The van der Waals surface area contributed by atoms with Crippen LogP contribution in [0.3, 0.4) is 0 Å². The molecule has 4 aromatic rings. The number of nitrogens with zero attached hydrogens (tertiary/aromatic N) is 2. The number of amides is 2. The first-order valence-electron chi connectivity index (χ1n) is 11.1. The molecule has 9 heteroatoms. The third-order valence-corrected chi connectivity index (χ3v) is 5.49. The Morgan fingerprint density at radius 2 is 1.92 bits per heavy atom. The number of carbonyl (C=O) groups is 2. The fraction of sp³-hybridized carbons (Fsp3) is 0.111. The number of phenolic OH excluding ortho intramolecular Hbond substituents is 1. The number of nitriles is 1. The lowest BCUT2D eigenvalue weighted by molar-refractivity contribution is -0.116. The zero-order valence-electron chi connectivity index (χ0n) is 19.4. The van der Waals surface area contributed by atoms with Crippen LogP contribution < -0.4 is 16.4 Å². The Kier molecular flexibility index (Phi) is 7.09. The van der Waals surface area contributed by atoms with Crippen LogP contribution >= 0.6 is 0 Å². The van der Waals surface area contributed by atoms with Gasteiger partial charge in [0.1, 0.15) is 17.4 Å². The smallest absolute Gasteiger partial charge is 0.292 e. The molecule has 2 aromatic heterocycles. The molecule has 0 saturated heterocycles. The number of aromatic hydroxyl groups is 1. The van der Waals surface area contributed by atoms with Crippen LogP contribution in [0.1, 0.15) is 28.1 Å². The molecule has 0 spiro atoms. The predicted molar refractivity (Wildman–Crippen MR) is 135 cm³/mol. The quantitative estimate of drug-likeness (QED) is 0.304. The average molecular weight is 482 g/mol. The maximum atomic E-state index is 12.8. The second-order valence-corrected chi connectivity index (χ2v) is 7.91. The molecule has 0 fully saturated rings. The number of aromatic nitrogens is 1. The first kappa shape index (κ1) is 24.2. The molecule has 9 nitrogen and oxygen atoms in total. The van der Waals surface area contributed by atoms with Crippen molar-refractivity contribution >= 4 is 23.3 Å². The third-order valence-electron chi connectivity index (χ3n) is 5.49. The first-order chi connectivity index (χ1) is 17.4. The molecular formula is C27H23N5O4. The van der Waals surface area contributed by atoms with Gasteiger partial charge in [0.2, 0.25) is 5.91 Å². The van der Waals surface area contributed by atoms with Crippen LogP contribution in [0.5, 0.6) is 5.75 Å². The zero-order valence-corrected chi connectivity index (χ0v) is 19.4. The molecule has 2 amide bonds. The summed E-state index contributed by atoms with van der Waals surface area (Å²) in [7, 11) is 0. The molecule has 0 atom stereocenters. The monoisotopic (exact) mass is 481 g/mol. The number of furan rings is 1. The average Bonchev–Trinajstić information content (AvgIpc) is 3.41. The van der Waals surface area contributed by atoms with E-state index in [1.807, 2.05) is 0 Å². The normalized spacial score (nSPS) is 10.5. The van der Waals surface area contributed by atoms with E-state index in [-0.39, 0.29) is 41.8 Å². The van der Waals surface area contributed by atoms with Gasteiger partial charge < -0.3 is 25.9 Å².